The average Bonchev–Trinajstić information content (AvgIpc) is 2.77. The summed E-state index contributed by atoms with van der Waals surface area (Å²) in [6.07, 6.45) is 8.00. The lowest BCUT2D eigenvalue weighted by atomic mass is 10.0. The predicted octanol–water partition coefficient (Wildman–Crippen LogP) is 5.18. The monoisotopic (exact) mass is 368 g/mol. The van der Waals surface area contributed by atoms with E-state index in [0.29, 0.717) is 5.56 Å². The summed E-state index contributed by atoms with van der Waals surface area (Å²) in [6.45, 7) is 3.12. The van der Waals surface area contributed by atoms with E-state index in [1.807, 2.05) is 42.5 Å². The third-order valence-electron chi connectivity index (χ3n) is 5.11. The van der Waals surface area contributed by atoms with Crippen LogP contribution in [0.1, 0.15) is 24.8 Å². The van der Waals surface area contributed by atoms with E-state index in [0.717, 1.165) is 53.9 Å². The fraction of sp³-hybridized carbons (Fsp3) is 0.250. The molecule has 2 heterocycles. The van der Waals surface area contributed by atoms with Crippen molar-refractivity contribution in [1.82, 2.24) is 9.88 Å². The summed E-state index contributed by atoms with van der Waals surface area (Å²) in [6, 6.07) is 20.1. The second-order valence-electron chi connectivity index (χ2n) is 7.07. The van der Waals surface area contributed by atoms with Crippen molar-refractivity contribution >= 4 is 16.6 Å². The lowest BCUT2D eigenvalue weighted by molar-refractivity contribution is 0.353. The molecule has 1 aliphatic rings. The predicted molar refractivity (Wildman–Crippen MR) is 115 cm³/mol. The van der Waals surface area contributed by atoms with Crippen molar-refractivity contribution in [3.05, 3.63) is 72.4 Å². The molecule has 140 valence electrons. The second-order valence-corrected chi connectivity index (χ2v) is 7.07. The van der Waals surface area contributed by atoms with Crippen LogP contribution in [0.5, 0.6) is 0 Å². The zero-order chi connectivity index (χ0) is 19.2. The molecule has 0 bridgehead atoms. The highest BCUT2D eigenvalue weighted by atomic mass is 15.1. The van der Waals surface area contributed by atoms with Crippen molar-refractivity contribution in [2.45, 2.75) is 19.3 Å². The number of benzene rings is 2. The molecule has 0 aliphatic carbocycles. The maximum atomic E-state index is 9.46. The quantitative estimate of drug-likeness (QED) is 0.609. The summed E-state index contributed by atoms with van der Waals surface area (Å²) in [5, 5.41) is 14.2. The molecular formula is C24H24N4. The number of nitriles is 1. The van der Waals surface area contributed by atoms with E-state index >= 15 is 0 Å². The van der Waals surface area contributed by atoms with Crippen molar-refractivity contribution in [3.63, 3.8) is 0 Å². The van der Waals surface area contributed by atoms with Gasteiger partial charge in [-0.2, -0.15) is 5.26 Å². The van der Waals surface area contributed by atoms with Crippen LogP contribution in [0.2, 0.25) is 0 Å². The molecule has 28 heavy (non-hydrogen) atoms. The molecule has 4 nitrogen and oxygen atoms in total. The van der Waals surface area contributed by atoms with Crippen molar-refractivity contribution in [2.75, 3.05) is 25.0 Å². The van der Waals surface area contributed by atoms with E-state index in [1.165, 1.54) is 12.8 Å². The maximum absolute atomic E-state index is 9.46. The van der Waals surface area contributed by atoms with Gasteiger partial charge in [0.25, 0.3) is 0 Å². The summed E-state index contributed by atoms with van der Waals surface area (Å²) < 4.78 is 0. The topological polar surface area (TPSA) is 52.0 Å². The van der Waals surface area contributed by atoms with Gasteiger partial charge >= 0.3 is 0 Å². The molecule has 0 radical (unpaired) electrons. The van der Waals surface area contributed by atoms with Crippen LogP contribution < -0.4 is 5.32 Å². The van der Waals surface area contributed by atoms with Crippen LogP contribution in [-0.4, -0.2) is 29.5 Å². The Bertz CT molecular complexity index is 1030. The third kappa shape index (κ3) is 3.99. The molecule has 4 rings (SSSR count). The van der Waals surface area contributed by atoms with E-state index in [-0.39, 0.29) is 0 Å². The first-order valence-electron chi connectivity index (χ1n) is 9.89. The molecular weight excluding hydrogens is 344 g/mol. The molecule has 0 saturated carbocycles. The number of hydrogen-bond acceptors (Lipinski definition) is 4. The highest BCUT2D eigenvalue weighted by Gasteiger charge is 2.10. The maximum Gasteiger partial charge on any atom is 0.0998 e. The number of fused-ring (bicyclic) bond motifs is 1. The Morgan fingerprint density at radius 2 is 1.96 bits per heavy atom. The summed E-state index contributed by atoms with van der Waals surface area (Å²) in [5.41, 5.74) is 4.36. The molecule has 1 aliphatic heterocycles. The van der Waals surface area contributed by atoms with Gasteiger partial charge in [-0.3, -0.25) is 0 Å². The number of hydrogen-bond donors (Lipinski definition) is 1. The fourth-order valence-corrected chi connectivity index (χ4v) is 3.67. The highest BCUT2D eigenvalue weighted by molar-refractivity contribution is 5.94. The zero-order valence-corrected chi connectivity index (χ0v) is 15.9. The molecule has 2 aromatic carbocycles. The normalized spacial score (nSPS) is 13.5. The summed E-state index contributed by atoms with van der Waals surface area (Å²) in [5.74, 6) is 0. The fourth-order valence-electron chi connectivity index (χ4n) is 3.67. The molecule has 0 saturated heterocycles. The number of nitrogens with one attached hydrogen (secondary N) is 1. The summed E-state index contributed by atoms with van der Waals surface area (Å²) in [7, 11) is 0. The number of nitrogens with zero attached hydrogens (tertiary/aromatic N) is 3. The number of rotatable bonds is 6. The average molecular weight is 368 g/mol. The minimum atomic E-state index is 0.646. The van der Waals surface area contributed by atoms with Crippen LogP contribution in [0.15, 0.2) is 66.9 Å². The number of pyridine rings is 1. The van der Waals surface area contributed by atoms with Gasteiger partial charge in [0.15, 0.2) is 0 Å². The van der Waals surface area contributed by atoms with Crippen LogP contribution in [0.4, 0.5) is 5.69 Å². The van der Waals surface area contributed by atoms with Gasteiger partial charge in [-0.15, -0.1) is 0 Å². The van der Waals surface area contributed by atoms with E-state index in [4.69, 9.17) is 4.98 Å². The molecule has 0 spiro atoms. The van der Waals surface area contributed by atoms with Crippen molar-refractivity contribution in [2.24, 2.45) is 0 Å². The van der Waals surface area contributed by atoms with E-state index < -0.39 is 0 Å². The molecule has 0 amide bonds. The molecule has 3 aromatic rings. The van der Waals surface area contributed by atoms with Gasteiger partial charge in [-0.25, -0.2) is 4.98 Å². The number of aromatic nitrogens is 1. The smallest absolute Gasteiger partial charge is 0.0998 e. The Balaban J connectivity index is 1.57. The Morgan fingerprint density at radius 3 is 2.82 bits per heavy atom. The Morgan fingerprint density at radius 1 is 1.11 bits per heavy atom. The SMILES string of the molecule is N#Cc1ccccc1-c1cc(NCCCN2C=CCCC2)c2ccccc2n1. The standard InChI is InChI=1S/C24H24N4/c25-18-19-9-2-3-10-20(19)24-17-23(21-11-4-5-12-22(21)27-24)26-13-8-16-28-14-6-1-7-15-28/h2-6,9-12,14,17H,1,7-8,13,15-16H2,(H,26,27). The van der Waals surface area contributed by atoms with Gasteiger partial charge in [0.2, 0.25) is 0 Å². The van der Waals surface area contributed by atoms with E-state index in [2.05, 4.69) is 40.7 Å². The van der Waals surface area contributed by atoms with Gasteiger partial charge < -0.3 is 10.2 Å². The third-order valence-corrected chi connectivity index (χ3v) is 5.11. The van der Waals surface area contributed by atoms with Crippen LogP contribution in [0.25, 0.3) is 22.2 Å². The lowest BCUT2D eigenvalue weighted by Crippen LogP contribution is -2.23. The van der Waals surface area contributed by atoms with Gasteiger partial charge in [-0.1, -0.05) is 42.5 Å². The van der Waals surface area contributed by atoms with Gasteiger partial charge in [0, 0.05) is 36.3 Å². The largest absolute Gasteiger partial charge is 0.384 e. The van der Waals surface area contributed by atoms with Gasteiger partial charge in [0.1, 0.15) is 0 Å². The first-order chi connectivity index (χ1) is 13.8. The van der Waals surface area contributed by atoms with Crippen LogP contribution in [-0.2, 0) is 0 Å². The molecule has 1 N–H and O–H groups in total. The van der Waals surface area contributed by atoms with Crippen LogP contribution >= 0.6 is 0 Å². The number of anilines is 1. The highest BCUT2D eigenvalue weighted by Crippen LogP contribution is 2.29. The van der Waals surface area contributed by atoms with Gasteiger partial charge in [-0.05, 0) is 43.7 Å². The minimum Gasteiger partial charge on any atom is -0.384 e. The summed E-state index contributed by atoms with van der Waals surface area (Å²) >= 11 is 0. The second kappa shape index (κ2) is 8.58. The lowest BCUT2D eigenvalue weighted by Gasteiger charge is -2.23. The van der Waals surface area contributed by atoms with Gasteiger partial charge in [0.05, 0.1) is 22.8 Å². The molecule has 0 unspecified atom stereocenters. The molecule has 0 atom stereocenters. The van der Waals surface area contributed by atoms with Crippen LogP contribution in [0.3, 0.4) is 0 Å². The molecule has 0 fully saturated rings. The Hall–Kier alpha value is -3.32. The van der Waals surface area contributed by atoms with Crippen molar-refractivity contribution in [1.29, 1.82) is 5.26 Å². The first-order valence-corrected chi connectivity index (χ1v) is 9.89. The zero-order valence-electron chi connectivity index (χ0n) is 15.9. The minimum absolute atomic E-state index is 0.646. The number of allylic oxidation sites excluding steroid dienone is 1. The molecule has 1 aromatic heterocycles. The van der Waals surface area contributed by atoms with E-state index in [1.54, 1.807) is 0 Å². The van der Waals surface area contributed by atoms with Crippen LogP contribution in [0, 0.1) is 11.3 Å². The first kappa shape index (κ1) is 18.1. The van der Waals surface area contributed by atoms with Crippen molar-refractivity contribution in [3.8, 4) is 17.3 Å². The Kier molecular flexibility index (Phi) is 5.53. The number of para-hydroxylation sites is 1. The van der Waals surface area contributed by atoms with Crippen molar-refractivity contribution < 1.29 is 0 Å². The summed E-state index contributed by atoms with van der Waals surface area (Å²) in [4.78, 5) is 7.20. The van der Waals surface area contributed by atoms with E-state index in [9.17, 15) is 5.26 Å². The Labute approximate surface area is 166 Å². The molecule has 4 heteroatoms.